The molecule has 96 valence electrons. The van der Waals surface area contributed by atoms with E-state index in [2.05, 4.69) is 62.9 Å². The molecule has 1 nitrogen and oxygen atoms in total. The standard InChI is InChI=1S/C16H20OS/c1-16(2,3)10-6-8-13-7-4-5-9-14(13)15-17-11-12-18-15/h4-5,7-10,15H,11-12H2,1-3H3. The molecule has 0 spiro atoms. The number of benzene rings is 1. The number of allylic oxidation sites excluding steroid dienone is 1. The lowest BCUT2D eigenvalue weighted by molar-refractivity contribution is 0.145. The van der Waals surface area contributed by atoms with Gasteiger partial charge in [-0.15, -0.1) is 17.5 Å². The quantitative estimate of drug-likeness (QED) is 0.715. The highest BCUT2D eigenvalue weighted by Crippen LogP contribution is 2.36. The van der Waals surface area contributed by atoms with Crippen LogP contribution in [0.15, 0.2) is 36.1 Å². The van der Waals surface area contributed by atoms with Crippen molar-refractivity contribution >= 4 is 17.8 Å². The molecule has 1 saturated heterocycles. The van der Waals surface area contributed by atoms with Crippen molar-refractivity contribution in [2.45, 2.75) is 26.2 Å². The van der Waals surface area contributed by atoms with Crippen molar-refractivity contribution in [1.82, 2.24) is 0 Å². The van der Waals surface area contributed by atoms with Crippen LogP contribution in [-0.2, 0) is 4.74 Å². The molecule has 1 aliphatic heterocycles. The van der Waals surface area contributed by atoms with Gasteiger partial charge in [-0.25, -0.2) is 0 Å². The Morgan fingerprint density at radius 2 is 2.11 bits per heavy atom. The van der Waals surface area contributed by atoms with Crippen LogP contribution in [0, 0.1) is 5.41 Å². The smallest absolute Gasteiger partial charge is 0.129 e. The highest BCUT2D eigenvalue weighted by molar-refractivity contribution is 7.99. The first-order chi connectivity index (χ1) is 8.56. The summed E-state index contributed by atoms with van der Waals surface area (Å²) in [5.41, 5.74) is 6.12. The Morgan fingerprint density at radius 1 is 1.33 bits per heavy atom. The Balaban J connectivity index is 2.25. The first-order valence-electron chi connectivity index (χ1n) is 6.32. The molecule has 2 rings (SSSR count). The zero-order chi connectivity index (χ0) is 13.0. The predicted octanol–water partition coefficient (Wildman–Crippen LogP) is 4.66. The van der Waals surface area contributed by atoms with Gasteiger partial charge < -0.3 is 4.74 Å². The van der Waals surface area contributed by atoms with E-state index in [1.807, 2.05) is 11.8 Å². The lowest BCUT2D eigenvalue weighted by Gasteiger charge is -2.12. The Kier molecular flexibility index (Phi) is 4.34. The van der Waals surface area contributed by atoms with Crippen LogP contribution >= 0.6 is 11.8 Å². The number of rotatable bonds is 2. The van der Waals surface area contributed by atoms with E-state index in [0.29, 0.717) is 0 Å². The largest absolute Gasteiger partial charge is 0.362 e. The fraction of sp³-hybridized carbons (Fsp3) is 0.438. The summed E-state index contributed by atoms with van der Waals surface area (Å²) in [6.07, 6.45) is 4.16. The molecule has 1 aliphatic rings. The molecule has 2 heteroatoms. The first-order valence-corrected chi connectivity index (χ1v) is 7.37. The zero-order valence-corrected chi connectivity index (χ0v) is 12.1. The SMILES string of the molecule is CC(C)(C)C=C=Cc1ccccc1C1OCCS1. The third-order valence-corrected chi connectivity index (χ3v) is 3.72. The van der Waals surface area contributed by atoms with Crippen molar-refractivity contribution in [3.63, 3.8) is 0 Å². The van der Waals surface area contributed by atoms with E-state index in [1.165, 1.54) is 11.1 Å². The van der Waals surface area contributed by atoms with Crippen molar-refractivity contribution in [1.29, 1.82) is 0 Å². The third kappa shape index (κ3) is 3.78. The van der Waals surface area contributed by atoms with Gasteiger partial charge in [-0.05, 0) is 28.7 Å². The van der Waals surface area contributed by atoms with E-state index in [1.54, 1.807) is 0 Å². The number of hydrogen-bond acceptors (Lipinski definition) is 2. The molecule has 0 aliphatic carbocycles. The van der Waals surface area contributed by atoms with Crippen LogP contribution in [0.5, 0.6) is 0 Å². The molecule has 0 amide bonds. The minimum absolute atomic E-state index is 0.171. The van der Waals surface area contributed by atoms with Gasteiger partial charge in [0, 0.05) is 5.75 Å². The molecule has 0 radical (unpaired) electrons. The summed E-state index contributed by atoms with van der Waals surface area (Å²) in [5.74, 6) is 1.08. The summed E-state index contributed by atoms with van der Waals surface area (Å²) in [6, 6.07) is 8.41. The monoisotopic (exact) mass is 260 g/mol. The van der Waals surface area contributed by atoms with Crippen LogP contribution in [-0.4, -0.2) is 12.4 Å². The maximum Gasteiger partial charge on any atom is 0.129 e. The van der Waals surface area contributed by atoms with E-state index >= 15 is 0 Å². The van der Waals surface area contributed by atoms with Gasteiger partial charge in [0.25, 0.3) is 0 Å². The van der Waals surface area contributed by atoms with Gasteiger partial charge in [0.2, 0.25) is 0 Å². The highest BCUT2D eigenvalue weighted by Gasteiger charge is 2.19. The average Bonchev–Trinajstić information content (AvgIpc) is 2.81. The maximum atomic E-state index is 5.73. The van der Waals surface area contributed by atoms with E-state index < -0.39 is 0 Å². The normalized spacial score (nSPS) is 19.4. The van der Waals surface area contributed by atoms with E-state index in [-0.39, 0.29) is 10.9 Å². The summed E-state index contributed by atoms with van der Waals surface area (Å²) in [7, 11) is 0. The Hall–Kier alpha value is -0.950. The van der Waals surface area contributed by atoms with E-state index in [4.69, 9.17) is 4.74 Å². The van der Waals surface area contributed by atoms with Gasteiger partial charge >= 0.3 is 0 Å². The van der Waals surface area contributed by atoms with Crippen LogP contribution in [0.1, 0.15) is 37.3 Å². The van der Waals surface area contributed by atoms with Crippen molar-refractivity contribution in [3.8, 4) is 0 Å². The molecule has 1 unspecified atom stereocenters. The van der Waals surface area contributed by atoms with Crippen LogP contribution in [0.3, 0.4) is 0 Å². The average molecular weight is 260 g/mol. The number of hydrogen-bond donors (Lipinski definition) is 0. The molecular weight excluding hydrogens is 240 g/mol. The minimum atomic E-state index is 0.171. The van der Waals surface area contributed by atoms with Gasteiger partial charge in [-0.2, -0.15) is 0 Å². The van der Waals surface area contributed by atoms with Crippen molar-refractivity contribution < 1.29 is 4.74 Å². The molecule has 0 bridgehead atoms. The lowest BCUT2D eigenvalue weighted by Crippen LogP contribution is -1.97. The fourth-order valence-electron chi connectivity index (χ4n) is 1.78. The maximum absolute atomic E-state index is 5.73. The first kappa shape index (κ1) is 13.5. The molecule has 1 fully saturated rings. The minimum Gasteiger partial charge on any atom is -0.362 e. The van der Waals surface area contributed by atoms with Crippen molar-refractivity contribution in [3.05, 3.63) is 47.2 Å². The van der Waals surface area contributed by atoms with E-state index in [9.17, 15) is 0 Å². The van der Waals surface area contributed by atoms with Gasteiger partial charge in [-0.1, -0.05) is 45.0 Å². The van der Waals surface area contributed by atoms with Gasteiger partial charge in [0.15, 0.2) is 0 Å². The molecule has 1 aromatic carbocycles. The fourth-order valence-corrected chi connectivity index (χ4v) is 2.77. The molecule has 0 aromatic heterocycles. The summed E-state index contributed by atoms with van der Waals surface area (Å²) in [6.45, 7) is 7.38. The third-order valence-electron chi connectivity index (χ3n) is 2.63. The lowest BCUT2D eigenvalue weighted by atomic mass is 9.97. The van der Waals surface area contributed by atoms with Crippen LogP contribution < -0.4 is 0 Å². The Labute approximate surface area is 114 Å². The molecule has 1 aromatic rings. The van der Waals surface area contributed by atoms with E-state index in [0.717, 1.165) is 12.4 Å². The second-order valence-corrected chi connectivity index (χ2v) is 6.69. The summed E-state index contributed by atoms with van der Waals surface area (Å²) in [5, 5.41) is 0. The molecule has 1 heterocycles. The number of thioether (sulfide) groups is 1. The zero-order valence-electron chi connectivity index (χ0n) is 11.3. The van der Waals surface area contributed by atoms with Crippen LogP contribution in [0.2, 0.25) is 0 Å². The Morgan fingerprint density at radius 3 is 2.78 bits per heavy atom. The van der Waals surface area contributed by atoms with Crippen molar-refractivity contribution in [2.75, 3.05) is 12.4 Å². The molecular formula is C16H20OS. The summed E-state index contributed by atoms with van der Waals surface area (Å²) < 4.78 is 5.73. The second-order valence-electron chi connectivity index (χ2n) is 5.52. The highest BCUT2D eigenvalue weighted by atomic mass is 32.2. The van der Waals surface area contributed by atoms with Crippen LogP contribution in [0.4, 0.5) is 0 Å². The summed E-state index contributed by atoms with van der Waals surface area (Å²) in [4.78, 5) is 0. The van der Waals surface area contributed by atoms with Gasteiger partial charge in [-0.3, -0.25) is 0 Å². The number of ether oxygens (including phenoxy) is 1. The summed E-state index contributed by atoms with van der Waals surface area (Å²) >= 11 is 1.87. The Bertz CT molecular complexity index is 458. The van der Waals surface area contributed by atoms with Crippen LogP contribution in [0.25, 0.3) is 6.08 Å². The van der Waals surface area contributed by atoms with Crippen molar-refractivity contribution in [2.24, 2.45) is 5.41 Å². The van der Waals surface area contributed by atoms with Gasteiger partial charge in [0.1, 0.15) is 5.44 Å². The topological polar surface area (TPSA) is 9.23 Å². The van der Waals surface area contributed by atoms with Gasteiger partial charge in [0.05, 0.1) is 6.61 Å². The second kappa shape index (κ2) is 5.79. The molecule has 1 atom stereocenters. The molecule has 0 N–H and O–H groups in total. The molecule has 18 heavy (non-hydrogen) atoms. The predicted molar refractivity (Wildman–Crippen MR) is 79.6 cm³/mol. The molecule has 0 saturated carbocycles.